The predicted octanol–water partition coefficient (Wildman–Crippen LogP) is 2.96. The average Bonchev–Trinajstić information content (AvgIpc) is 2.87. The van der Waals surface area contributed by atoms with E-state index in [9.17, 15) is 14.4 Å². The van der Waals surface area contributed by atoms with Crippen LogP contribution in [0.2, 0.25) is 0 Å². The summed E-state index contributed by atoms with van der Waals surface area (Å²) in [5, 5.41) is 3.15. The first-order valence-corrected chi connectivity index (χ1v) is 10.5. The Morgan fingerprint density at radius 1 is 1.15 bits per heavy atom. The van der Waals surface area contributed by atoms with Crippen molar-refractivity contribution in [1.29, 1.82) is 0 Å². The third-order valence-corrected chi connectivity index (χ3v) is 6.56. The zero-order chi connectivity index (χ0) is 18.7. The lowest BCUT2D eigenvalue weighted by molar-refractivity contribution is -0.120. The molecule has 0 unspecified atom stereocenters. The second kappa shape index (κ2) is 8.25. The molecule has 1 fully saturated rings. The number of carbonyl (C=O) groups is 3. The molecule has 3 amide bonds. The highest BCUT2D eigenvalue weighted by molar-refractivity contribution is 7.99. The van der Waals surface area contributed by atoms with Crippen LogP contribution in [0.3, 0.4) is 0 Å². The van der Waals surface area contributed by atoms with Gasteiger partial charge >= 0.3 is 0 Å². The van der Waals surface area contributed by atoms with Crippen LogP contribution in [0.15, 0.2) is 24.3 Å². The van der Waals surface area contributed by atoms with Crippen molar-refractivity contribution in [3.8, 4) is 0 Å². The largest absolute Gasteiger partial charge is 0.352 e. The van der Waals surface area contributed by atoms with E-state index in [4.69, 9.17) is 0 Å². The highest BCUT2D eigenvalue weighted by Gasteiger charge is 2.34. The van der Waals surface area contributed by atoms with Gasteiger partial charge in [0.15, 0.2) is 0 Å². The van der Waals surface area contributed by atoms with Crippen LogP contribution in [0, 0.1) is 11.8 Å². The lowest BCUT2D eigenvalue weighted by atomic mass is 9.78. The second-order valence-electron chi connectivity index (χ2n) is 7.30. The molecule has 5 nitrogen and oxygen atoms in total. The summed E-state index contributed by atoms with van der Waals surface area (Å²) in [5.74, 6) is 1.66. The van der Waals surface area contributed by atoms with Crippen LogP contribution >= 0.6 is 11.8 Å². The topological polar surface area (TPSA) is 66.5 Å². The van der Waals surface area contributed by atoms with Gasteiger partial charge in [0.2, 0.25) is 5.91 Å². The minimum atomic E-state index is -0.235. The average molecular weight is 375 g/mol. The van der Waals surface area contributed by atoms with Crippen molar-refractivity contribution in [1.82, 2.24) is 10.2 Å². The second-order valence-corrected chi connectivity index (χ2v) is 8.41. The maximum atomic E-state index is 12.3. The van der Waals surface area contributed by atoms with E-state index in [0.29, 0.717) is 41.0 Å². The van der Waals surface area contributed by atoms with Gasteiger partial charge in [-0.3, -0.25) is 19.3 Å². The molecule has 1 aromatic carbocycles. The molecular formula is C20H26N2O3S. The van der Waals surface area contributed by atoms with E-state index in [0.717, 1.165) is 6.42 Å². The Balaban J connectivity index is 1.41. The summed E-state index contributed by atoms with van der Waals surface area (Å²) in [6, 6.07) is 7.16. The Morgan fingerprint density at radius 2 is 1.81 bits per heavy atom. The van der Waals surface area contributed by atoms with Crippen molar-refractivity contribution in [2.75, 3.05) is 18.1 Å². The zero-order valence-electron chi connectivity index (χ0n) is 15.4. The van der Waals surface area contributed by atoms with Crippen LogP contribution in [-0.2, 0) is 4.79 Å². The fourth-order valence-electron chi connectivity index (χ4n) is 3.80. The summed E-state index contributed by atoms with van der Waals surface area (Å²) in [6.45, 7) is 4.80. The van der Waals surface area contributed by atoms with Gasteiger partial charge in [-0.2, -0.15) is 11.8 Å². The summed E-state index contributed by atoms with van der Waals surface area (Å²) in [4.78, 5) is 38.0. The molecule has 1 N–H and O–H groups in total. The quantitative estimate of drug-likeness (QED) is 0.614. The molecule has 3 atom stereocenters. The SMILES string of the molecule is C[C@@H]1[C@H](C)CCC[C@@H]1NC(=O)CSCCN1C(=O)c2ccccc2C1=O. The van der Waals surface area contributed by atoms with Crippen molar-refractivity contribution < 1.29 is 14.4 Å². The Bertz CT molecular complexity index is 671. The molecule has 1 aromatic rings. The zero-order valence-corrected chi connectivity index (χ0v) is 16.2. The molecular weight excluding hydrogens is 348 g/mol. The monoisotopic (exact) mass is 374 g/mol. The number of benzene rings is 1. The highest BCUT2D eigenvalue weighted by Crippen LogP contribution is 2.29. The Labute approximate surface area is 158 Å². The number of carbonyl (C=O) groups excluding carboxylic acids is 3. The van der Waals surface area contributed by atoms with Crippen LogP contribution in [-0.4, -0.2) is 46.7 Å². The Morgan fingerprint density at radius 3 is 2.46 bits per heavy atom. The Hall–Kier alpha value is -1.82. The number of fused-ring (bicyclic) bond motifs is 1. The van der Waals surface area contributed by atoms with E-state index in [2.05, 4.69) is 19.2 Å². The van der Waals surface area contributed by atoms with E-state index in [-0.39, 0.29) is 23.8 Å². The smallest absolute Gasteiger partial charge is 0.261 e. The lowest BCUT2D eigenvalue weighted by Gasteiger charge is -2.34. The van der Waals surface area contributed by atoms with E-state index >= 15 is 0 Å². The number of nitrogens with one attached hydrogen (secondary N) is 1. The van der Waals surface area contributed by atoms with Crippen LogP contribution < -0.4 is 5.32 Å². The van der Waals surface area contributed by atoms with Crippen molar-refractivity contribution in [3.63, 3.8) is 0 Å². The lowest BCUT2D eigenvalue weighted by Crippen LogP contribution is -2.44. The molecule has 1 aliphatic carbocycles. The van der Waals surface area contributed by atoms with E-state index in [1.165, 1.54) is 29.5 Å². The molecule has 0 radical (unpaired) electrons. The van der Waals surface area contributed by atoms with Gasteiger partial charge in [0.1, 0.15) is 0 Å². The van der Waals surface area contributed by atoms with E-state index < -0.39 is 0 Å². The van der Waals surface area contributed by atoms with Gasteiger partial charge in [-0.25, -0.2) is 0 Å². The molecule has 1 aliphatic heterocycles. The molecule has 2 aliphatic rings. The molecule has 0 saturated heterocycles. The van der Waals surface area contributed by atoms with Gasteiger partial charge in [0.25, 0.3) is 11.8 Å². The summed E-state index contributed by atoms with van der Waals surface area (Å²) < 4.78 is 0. The number of rotatable bonds is 6. The number of imide groups is 1. The van der Waals surface area contributed by atoms with Crippen LogP contribution in [0.1, 0.15) is 53.8 Å². The van der Waals surface area contributed by atoms with Gasteiger partial charge < -0.3 is 5.32 Å². The van der Waals surface area contributed by atoms with Crippen LogP contribution in [0.4, 0.5) is 0 Å². The third-order valence-electron chi connectivity index (χ3n) is 5.62. The van der Waals surface area contributed by atoms with Gasteiger partial charge in [-0.15, -0.1) is 0 Å². The fourth-order valence-corrected chi connectivity index (χ4v) is 4.52. The molecule has 0 aromatic heterocycles. The minimum absolute atomic E-state index is 0.0447. The predicted molar refractivity (Wildman–Crippen MR) is 103 cm³/mol. The highest BCUT2D eigenvalue weighted by atomic mass is 32.2. The standard InChI is InChI=1S/C20H26N2O3S/c1-13-6-5-9-17(14(13)2)21-18(23)12-26-11-10-22-19(24)15-7-3-4-8-16(15)20(22)25/h3-4,7-8,13-14,17H,5-6,9-12H2,1-2H3,(H,21,23)/t13-,14-,17+/m1/s1. The third kappa shape index (κ3) is 3.95. The first kappa shape index (κ1) is 19.0. The molecule has 6 heteroatoms. The summed E-state index contributed by atoms with van der Waals surface area (Å²) in [7, 11) is 0. The maximum Gasteiger partial charge on any atom is 0.261 e. The molecule has 140 valence electrons. The van der Waals surface area contributed by atoms with Gasteiger partial charge in [-0.05, 0) is 30.4 Å². The minimum Gasteiger partial charge on any atom is -0.352 e. The van der Waals surface area contributed by atoms with Crippen molar-refractivity contribution in [2.45, 2.75) is 39.2 Å². The van der Waals surface area contributed by atoms with Crippen molar-refractivity contribution in [3.05, 3.63) is 35.4 Å². The van der Waals surface area contributed by atoms with Gasteiger partial charge in [0, 0.05) is 18.3 Å². The van der Waals surface area contributed by atoms with Gasteiger partial charge in [-0.1, -0.05) is 38.8 Å². The molecule has 3 rings (SSSR count). The number of nitrogens with zero attached hydrogens (tertiary/aromatic N) is 1. The van der Waals surface area contributed by atoms with E-state index in [1.807, 2.05) is 0 Å². The normalized spacial score (nSPS) is 25.3. The summed E-state index contributed by atoms with van der Waals surface area (Å²) in [5.41, 5.74) is 0.946. The molecule has 0 spiro atoms. The maximum absolute atomic E-state index is 12.3. The van der Waals surface area contributed by atoms with Crippen LogP contribution in [0.5, 0.6) is 0 Å². The molecule has 26 heavy (non-hydrogen) atoms. The number of thioether (sulfide) groups is 1. The van der Waals surface area contributed by atoms with Gasteiger partial charge in [0.05, 0.1) is 16.9 Å². The number of amides is 3. The first-order chi connectivity index (χ1) is 12.5. The number of hydrogen-bond acceptors (Lipinski definition) is 4. The van der Waals surface area contributed by atoms with E-state index in [1.54, 1.807) is 24.3 Å². The Kier molecular flexibility index (Phi) is 6.01. The summed E-state index contributed by atoms with van der Waals surface area (Å²) >= 11 is 1.46. The molecule has 1 heterocycles. The van der Waals surface area contributed by atoms with Crippen LogP contribution in [0.25, 0.3) is 0 Å². The molecule has 0 bridgehead atoms. The fraction of sp³-hybridized carbons (Fsp3) is 0.550. The first-order valence-electron chi connectivity index (χ1n) is 9.31. The van der Waals surface area contributed by atoms with Crippen molar-refractivity contribution >= 4 is 29.5 Å². The van der Waals surface area contributed by atoms with Crippen molar-refractivity contribution in [2.24, 2.45) is 11.8 Å². The summed E-state index contributed by atoms with van der Waals surface area (Å²) in [6.07, 6.45) is 3.46. The number of hydrogen-bond donors (Lipinski definition) is 1. The molecule has 1 saturated carbocycles.